The Balaban J connectivity index is 2.48. The van der Waals surface area contributed by atoms with E-state index in [1.165, 1.54) is 7.11 Å². The Labute approximate surface area is 145 Å². The van der Waals surface area contributed by atoms with Crippen molar-refractivity contribution in [1.82, 2.24) is 0 Å². The number of aromatic hydroxyl groups is 1. The third kappa shape index (κ3) is 3.42. The number of carboxylic acids is 1. The van der Waals surface area contributed by atoms with Gasteiger partial charge in [-0.2, -0.15) is 0 Å². The van der Waals surface area contributed by atoms with Gasteiger partial charge in [0.2, 0.25) is 0 Å². The van der Waals surface area contributed by atoms with E-state index in [0.717, 1.165) is 11.6 Å². The number of aromatic carboxylic acids is 1. The number of methoxy groups -OCH3 is 1. The molecule has 0 aliphatic heterocycles. The molecule has 0 unspecified atom stereocenters. The number of phenols is 1. The number of rotatable bonds is 4. The zero-order valence-corrected chi connectivity index (χ0v) is 14.8. The highest BCUT2D eigenvalue weighted by atomic mass is 16.5. The highest BCUT2D eigenvalue weighted by Crippen LogP contribution is 2.33. The summed E-state index contributed by atoms with van der Waals surface area (Å²) >= 11 is 0. The summed E-state index contributed by atoms with van der Waals surface area (Å²) in [6.45, 7) is 6.84. The van der Waals surface area contributed by atoms with Gasteiger partial charge >= 0.3 is 11.9 Å². The average molecular weight is 344 g/mol. The molecule has 0 heterocycles. The molecule has 0 spiro atoms. The topological polar surface area (TPSA) is 93.1 Å². The first-order valence-corrected chi connectivity index (χ1v) is 7.61. The highest BCUT2D eigenvalue weighted by Gasteiger charge is 2.23. The molecule has 0 amide bonds. The minimum Gasteiger partial charge on any atom is -0.507 e. The molecule has 25 heavy (non-hydrogen) atoms. The van der Waals surface area contributed by atoms with Gasteiger partial charge in [0.15, 0.2) is 0 Å². The van der Waals surface area contributed by atoms with Crippen LogP contribution in [0.4, 0.5) is 0 Å². The van der Waals surface area contributed by atoms with E-state index in [4.69, 9.17) is 14.6 Å². The number of carbonyl (C=O) groups excluding carboxylic acids is 1. The van der Waals surface area contributed by atoms with E-state index in [2.05, 4.69) is 0 Å². The molecule has 2 N–H and O–H groups in total. The molecule has 0 aliphatic carbocycles. The van der Waals surface area contributed by atoms with Gasteiger partial charge in [0.05, 0.1) is 7.11 Å². The van der Waals surface area contributed by atoms with Gasteiger partial charge in [-0.3, -0.25) is 0 Å². The van der Waals surface area contributed by atoms with Crippen molar-refractivity contribution >= 4 is 11.9 Å². The highest BCUT2D eigenvalue weighted by molar-refractivity contribution is 5.97. The van der Waals surface area contributed by atoms with Crippen LogP contribution in [-0.2, 0) is 0 Å². The average Bonchev–Trinajstić information content (AvgIpc) is 2.50. The second kappa shape index (κ2) is 6.84. The Bertz CT molecular complexity index is 867. The van der Waals surface area contributed by atoms with Crippen molar-refractivity contribution in [2.75, 3.05) is 7.11 Å². The zero-order valence-electron chi connectivity index (χ0n) is 14.8. The molecular weight excluding hydrogens is 324 g/mol. The number of esters is 1. The molecule has 132 valence electrons. The SMILES string of the molecule is COc1cc(C)cc(C)c1C(=O)Oc1cc(O)c(C(=O)O)c(C)c1C. The summed E-state index contributed by atoms with van der Waals surface area (Å²) in [5.41, 5.74) is 2.52. The molecule has 2 aromatic rings. The number of aryl methyl sites for hydroxylation is 2. The van der Waals surface area contributed by atoms with Crippen molar-refractivity contribution in [2.24, 2.45) is 0 Å². The lowest BCUT2D eigenvalue weighted by atomic mass is 10.0. The fourth-order valence-electron chi connectivity index (χ4n) is 2.75. The van der Waals surface area contributed by atoms with Crippen LogP contribution in [0.1, 0.15) is 43.0 Å². The van der Waals surface area contributed by atoms with Gasteiger partial charge in [0.1, 0.15) is 28.4 Å². The van der Waals surface area contributed by atoms with Crippen LogP contribution >= 0.6 is 0 Å². The standard InChI is InChI=1S/C19H20O6/c1-9-6-10(2)16(15(7-9)24-5)19(23)25-14-8-13(20)17(18(21)22)12(4)11(14)3/h6-8,20H,1-5H3,(H,21,22). The fraction of sp³-hybridized carbons (Fsp3) is 0.263. The van der Waals surface area contributed by atoms with E-state index in [-0.39, 0.29) is 16.9 Å². The molecule has 6 heteroatoms. The maximum absolute atomic E-state index is 12.6. The van der Waals surface area contributed by atoms with Crippen molar-refractivity contribution < 1.29 is 29.3 Å². The van der Waals surface area contributed by atoms with Gasteiger partial charge in [-0.15, -0.1) is 0 Å². The van der Waals surface area contributed by atoms with Gasteiger partial charge in [-0.1, -0.05) is 6.07 Å². The maximum Gasteiger partial charge on any atom is 0.347 e. The largest absolute Gasteiger partial charge is 0.507 e. The first-order valence-electron chi connectivity index (χ1n) is 7.61. The lowest BCUT2D eigenvalue weighted by Gasteiger charge is -2.15. The molecule has 2 rings (SSSR count). The number of ether oxygens (including phenoxy) is 2. The van der Waals surface area contributed by atoms with Gasteiger partial charge in [0.25, 0.3) is 0 Å². The molecular formula is C19H20O6. The number of carbonyl (C=O) groups is 2. The molecule has 0 aliphatic rings. The van der Waals surface area contributed by atoms with Crippen LogP contribution in [0, 0.1) is 27.7 Å². The summed E-state index contributed by atoms with van der Waals surface area (Å²) in [7, 11) is 1.47. The predicted molar refractivity (Wildman–Crippen MR) is 92.0 cm³/mol. The summed E-state index contributed by atoms with van der Waals surface area (Å²) in [5.74, 6) is -1.84. The molecule has 0 fully saturated rings. The molecule has 0 radical (unpaired) electrons. The van der Waals surface area contributed by atoms with E-state index in [0.29, 0.717) is 22.4 Å². The predicted octanol–water partition coefficient (Wildman–Crippen LogP) is 3.55. The zero-order chi connectivity index (χ0) is 18.9. The molecule has 0 atom stereocenters. The van der Waals surface area contributed by atoms with E-state index < -0.39 is 17.7 Å². The quantitative estimate of drug-likeness (QED) is 0.651. The van der Waals surface area contributed by atoms with Gasteiger partial charge < -0.3 is 19.7 Å². The van der Waals surface area contributed by atoms with Crippen molar-refractivity contribution in [1.29, 1.82) is 0 Å². The van der Waals surface area contributed by atoms with Crippen molar-refractivity contribution in [2.45, 2.75) is 27.7 Å². The van der Waals surface area contributed by atoms with E-state index >= 15 is 0 Å². The summed E-state index contributed by atoms with van der Waals surface area (Å²) in [5, 5.41) is 19.1. The van der Waals surface area contributed by atoms with E-state index in [1.54, 1.807) is 26.8 Å². The van der Waals surface area contributed by atoms with E-state index in [1.807, 2.05) is 13.0 Å². The van der Waals surface area contributed by atoms with Crippen LogP contribution in [0.5, 0.6) is 17.2 Å². The lowest BCUT2D eigenvalue weighted by Crippen LogP contribution is -2.14. The normalized spacial score (nSPS) is 10.4. The number of benzene rings is 2. The van der Waals surface area contributed by atoms with Gasteiger partial charge in [0, 0.05) is 6.07 Å². The Morgan fingerprint density at radius 2 is 1.56 bits per heavy atom. The van der Waals surface area contributed by atoms with Crippen LogP contribution in [0.15, 0.2) is 18.2 Å². The third-order valence-corrected chi connectivity index (χ3v) is 4.12. The second-order valence-electron chi connectivity index (χ2n) is 5.87. The van der Waals surface area contributed by atoms with Crippen LogP contribution in [-0.4, -0.2) is 29.3 Å². The van der Waals surface area contributed by atoms with Crippen molar-refractivity contribution in [3.8, 4) is 17.2 Å². The molecule has 2 aromatic carbocycles. The van der Waals surface area contributed by atoms with Gasteiger partial charge in [-0.05, 0) is 56.0 Å². The molecule has 0 saturated carbocycles. The molecule has 0 aromatic heterocycles. The number of carboxylic acid groups (broad SMARTS) is 1. The van der Waals surface area contributed by atoms with Crippen molar-refractivity contribution in [3.63, 3.8) is 0 Å². The number of hydrogen-bond donors (Lipinski definition) is 2. The minimum atomic E-state index is -1.24. The summed E-state index contributed by atoms with van der Waals surface area (Å²) in [6.07, 6.45) is 0. The second-order valence-corrected chi connectivity index (χ2v) is 5.87. The monoisotopic (exact) mass is 344 g/mol. The number of hydrogen-bond acceptors (Lipinski definition) is 5. The first kappa shape index (κ1) is 18.3. The Morgan fingerprint density at radius 3 is 2.12 bits per heavy atom. The Hall–Kier alpha value is -3.02. The third-order valence-electron chi connectivity index (χ3n) is 4.12. The summed E-state index contributed by atoms with van der Waals surface area (Å²) in [4.78, 5) is 23.8. The van der Waals surface area contributed by atoms with Crippen LogP contribution in [0.3, 0.4) is 0 Å². The molecule has 0 saturated heterocycles. The fourth-order valence-corrected chi connectivity index (χ4v) is 2.75. The van der Waals surface area contributed by atoms with Gasteiger partial charge in [-0.25, -0.2) is 9.59 Å². The summed E-state index contributed by atoms with van der Waals surface area (Å²) in [6, 6.07) is 4.70. The van der Waals surface area contributed by atoms with Crippen LogP contribution < -0.4 is 9.47 Å². The maximum atomic E-state index is 12.6. The smallest absolute Gasteiger partial charge is 0.347 e. The molecule has 6 nitrogen and oxygen atoms in total. The lowest BCUT2D eigenvalue weighted by molar-refractivity contribution is 0.0692. The Morgan fingerprint density at radius 1 is 0.920 bits per heavy atom. The van der Waals surface area contributed by atoms with Crippen LogP contribution in [0.2, 0.25) is 0 Å². The van der Waals surface area contributed by atoms with E-state index in [9.17, 15) is 14.7 Å². The molecule has 0 bridgehead atoms. The van der Waals surface area contributed by atoms with Crippen LogP contribution in [0.25, 0.3) is 0 Å². The first-order chi connectivity index (χ1) is 11.7. The summed E-state index contributed by atoms with van der Waals surface area (Å²) < 4.78 is 10.7. The Kier molecular flexibility index (Phi) is 5.02. The minimum absolute atomic E-state index is 0.104. The van der Waals surface area contributed by atoms with Crippen molar-refractivity contribution in [3.05, 3.63) is 51.6 Å².